The van der Waals surface area contributed by atoms with Crippen LogP contribution in [-0.2, 0) is 62.5 Å². The Morgan fingerprint density at radius 3 is 1.88 bits per heavy atom. The van der Waals surface area contributed by atoms with Crippen LogP contribution in [0.3, 0.4) is 0 Å². The lowest BCUT2D eigenvalue weighted by Crippen LogP contribution is -2.62. The second kappa shape index (κ2) is 23.7. The minimum atomic E-state index is -1.72. The van der Waals surface area contributed by atoms with Gasteiger partial charge in [-0.3, -0.25) is 38.4 Å². The molecule has 0 radical (unpaired) electrons. The maximum atomic E-state index is 14.0. The number of aliphatic hydroxyl groups is 2. The third kappa shape index (κ3) is 14.9. The van der Waals surface area contributed by atoms with Gasteiger partial charge in [0.15, 0.2) is 0 Å². The number of carbonyl (C=O) groups is 9. The number of nitrogens with zero attached hydrogens (tertiary/aromatic N) is 3. The van der Waals surface area contributed by atoms with Crippen molar-refractivity contribution >= 4 is 53.4 Å². The second-order valence-electron chi connectivity index (χ2n) is 15.1. The van der Waals surface area contributed by atoms with Crippen molar-refractivity contribution < 1.29 is 58.1 Å². The number of hydrogen-bond acceptors (Lipinski definition) is 14. The molecule has 0 unspecified atom stereocenters. The number of carbonyl (C=O) groups excluding carboxylic acids is 9. The van der Waals surface area contributed by atoms with Gasteiger partial charge in [-0.25, -0.2) is 14.8 Å². The van der Waals surface area contributed by atoms with Crippen molar-refractivity contribution in [1.82, 2.24) is 62.1 Å². The van der Waals surface area contributed by atoms with Crippen LogP contribution in [0.1, 0.15) is 43.6 Å². The van der Waals surface area contributed by atoms with Gasteiger partial charge in [0.2, 0.25) is 47.3 Å². The molecular formula is C39H53N13O12. The van der Waals surface area contributed by atoms with E-state index in [2.05, 4.69) is 57.2 Å². The molecule has 1 aliphatic rings. The van der Waals surface area contributed by atoms with Gasteiger partial charge in [-0.2, -0.15) is 0 Å². The van der Waals surface area contributed by atoms with Crippen molar-refractivity contribution in [3.8, 4) is 0 Å². The zero-order valence-electron chi connectivity index (χ0n) is 35.0. The summed E-state index contributed by atoms with van der Waals surface area (Å²) in [6.45, 7) is -0.374. The summed E-state index contributed by atoms with van der Waals surface area (Å²) in [5, 5.41) is 36.2. The molecule has 0 saturated carbocycles. The number of imidazole rings is 2. The number of H-pyrrole nitrogens is 2. The predicted molar refractivity (Wildman–Crippen MR) is 220 cm³/mol. The first-order valence-corrected chi connectivity index (χ1v) is 20.0. The van der Waals surface area contributed by atoms with E-state index in [-0.39, 0.29) is 32.4 Å². The lowest BCUT2D eigenvalue weighted by Gasteiger charge is -2.32. The molecule has 1 aromatic carbocycles. The molecule has 0 aliphatic carbocycles. The monoisotopic (exact) mass is 895 g/mol. The van der Waals surface area contributed by atoms with Gasteiger partial charge in [0, 0.05) is 43.2 Å². The minimum Gasteiger partial charge on any atom is -0.445 e. The molecule has 5 atom stereocenters. The molecule has 13 N–H and O–H groups in total. The molecule has 1 fully saturated rings. The lowest BCUT2D eigenvalue weighted by molar-refractivity contribution is -0.143. The normalized spacial score (nSPS) is 15.3. The van der Waals surface area contributed by atoms with Gasteiger partial charge in [0.25, 0.3) is 0 Å². The molecule has 3 aromatic rings. The number of aromatic amines is 2. The number of nitrogens with two attached hydrogens (primary N) is 1. The highest BCUT2D eigenvalue weighted by atomic mass is 16.5. The van der Waals surface area contributed by atoms with Crippen LogP contribution in [-0.4, -0.2) is 157 Å². The summed E-state index contributed by atoms with van der Waals surface area (Å²) in [6, 6.07) is 2.17. The summed E-state index contributed by atoms with van der Waals surface area (Å²) in [5.41, 5.74) is 5.31. The maximum absolute atomic E-state index is 14.0. The number of rotatable bonds is 23. The van der Waals surface area contributed by atoms with Crippen LogP contribution >= 0.6 is 0 Å². The Kier molecular flexibility index (Phi) is 18.2. The Labute approximate surface area is 365 Å². The van der Waals surface area contributed by atoms with Gasteiger partial charge in [0.05, 0.1) is 39.0 Å². The average Bonchev–Trinajstić information content (AvgIpc) is 4.09. The van der Waals surface area contributed by atoms with Crippen LogP contribution in [0, 0.1) is 0 Å². The van der Waals surface area contributed by atoms with Crippen molar-refractivity contribution in [3.63, 3.8) is 0 Å². The SMILES string of the molecule is CC(C)(NC(=O)[C@H]1CCCN1C(=O)[C@H](Cc1cnc[nH]1)NC(=O)CNC(=O)[C@H](CO)NC(=O)OCc1ccccc1)C(=O)N[C@@H](CO)C(=O)NCC(=O)N[C@@H](Cc1cnc[nH]1)C(N)=O. The largest absolute Gasteiger partial charge is 0.445 e. The first kappa shape index (κ1) is 49.2. The molecule has 4 rings (SSSR count). The highest BCUT2D eigenvalue weighted by molar-refractivity contribution is 5.98. The fraction of sp³-hybridized carbons (Fsp3) is 0.462. The lowest BCUT2D eigenvalue weighted by atomic mass is 10.0. The Bertz CT molecular complexity index is 2080. The Balaban J connectivity index is 1.30. The highest BCUT2D eigenvalue weighted by Gasteiger charge is 2.41. The van der Waals surface area contributed by atoms with Crippen molar-refractivity contribution in [2.24, 2.45) is 5.73 Å². The van der Waals surface area contributed by atoms with Gasteiger partial charge < -0.3 is 72.8 Å². The fourth-order valence-corrected chi connectivity index (χ4v) is 6.31. The number of ether oxygens (including phenoxy) is 1. The van der Waals surface area contributed by atoms with Crippen molar-refractivity contribution in [2.45, 2.75) is 81.9 Å². The number of alkyl carbamates (subject to hydrolysis) is 1. The Morgan fingerprint density at radius 1 is 0.797 bits per heavy atom. The quantitative estimate of drug-likeness (QED) is 0.0426. The number of amides is 9. The summed E-state index contributed by atoms with van der Waals surface area (Å²) in [4.78, 5) is 131. The fourth-order valence-electron chi connectivity index (χ4n) is 6.31. The maximum Gasteiger partial charge on any atom is 0.408 e. The molecule has 25 heteroatoms. The van der Waals surface area contributed by atoms with E-state index in [0.29, 0.717) is 23.4 Å². The molecule has 1 saturated heterocycles. The smallest absolute Gasteiger partial charge is 0.408 e. The van der Waals surface area contributed by atoms with E-state index < -0.39 is 115 Å². The van der Waals surface area contributed by atoms with Gasteiger partial charge in [-0.05, 0) is 32.3 Å². The van der Waals surface area contributed by atoms with Crippen LogP contribution in [0.25, 0.3) is 0 Å². The molecule has 2 aromatic heterocycles. The van der Waals surface area contributed by atoms with E-state index in [4.69, 9.17) is 10.5 Å². The molecule has 0 bridgehead atoms. The number of aromatic nitrogens is 4. The average molecular weight is 896 g/mol. The number of nitrogens with one attached hydrogen (secondary N) is 9. The number of primary amides is 1. The Morgan fingerprint density at radius 2 is 1.34 bits per heavy atom. The molecule has 346 valence electrons. The zero-order valence-corrected chi connectivity index (χ0v) is 35.0. The third-order valence-electron chi connectivity index (χ3n) is 9.77. The first-order valence-electron chi connectivity index (χ1n) is 20.0. The standard InChI is InChI=1S/C39H53N13O12/c1-39(2,37(62)49-27(17-53)33(58)43-15-30(55)47-25(32(40)57)11-23-13-41-20-45-23)51-35(60)29-9-6-10-52(29)36(61)26(12-24-14-42-21-46-24)48-31(56)16-44-34(59)28(18-54)50-38(63)64-19-22-7-4-3-5-8-22/h3-5,7-8,13-14,20-21,25-29,53-54H,6,9-12,15-19H2,1-2H3,(H2,40,57)(H,41,45)(H,42,46)(H,43,58)(H,44,59)(H,47,55)(H,48,56)(H,49,62)(H,50,63)(H,51,60)/t25-,26-,27-,28-,29+/m0/s1. The van der Waals surface area contributed by atoms with E-state index in [1.54, 1.807) is 30.3 Å². The van der Waals surface area contributed by atoms with E-state index in [9.17, 15) is 53.4 Å². The molecule has 25 nitrogen and oxygen atoms in total. The predicted octanol–water partition coefficient (Wildman–Crippen LogP) is -4.74. The first-order chi connectivity index (χ1) is 30.5. The van der Waals surface area contributed by atoms with E-state index in [0.717, 1.165) is 0 Å². The number of benzene rings is 1. The zero-order chi connectivity index (χ0) is 46.8. The summed E-state index contributed by atoms with van der Waals surface area (Å²) in [7, 11) is 0. The van der Waals surface area contributed by atoms with E-state index in [1.165, 1.54) is 43.8 Å². The number of aliphatic hydroxyl groups excluding tert-OH is 2. The van der Waals surface area contributed by atoms with E-state index in [1.807, 2.05) is 0 Å². The summed E-state index contributed by atoms with van der Waals surface area (Å²) < 4.78 is 5.08. The molecular weight excluding hydrogens is 843 g/mol. The molecule has 3 heterocycles. The van der Waals surface area contributed by atoms with Gasteiger partial charge in [-0.1, -0.05) is 30.3 Å². The minimum absolute atomic E-state index is 0.00589. The van der Waals surface area contributed by atoms with Gasteiger partial charge in [-0.15, -0.1) is 0 Å². The number of likely N-dealkylation sites (tertiary alicyclic amines) is 1. The summed E-state index contributed by atoms with van der Waals surface area (Å²) in [6.07, 6.45) is 5.08. The molecule has 9 amide bonds. The van der Waals surface area contributed by atoms with Crippen molar-refractivity contribution in [2.75, 3.05) is 32.8 Å². The Hall–Kier alpha value is -7.41. The van der Waals surface area contributed by atoms with E-state index >= 15 is 0 Å². The van der Waals surface area contributed by atoms with Gasteiger partial charge in [0.1, 0.15) is 42.4 Å². The van der Waals surface area contributed by atoms with Gasteiger partial charge >= 0.3 is 6.09 Å². The van der Waals surface area contributed by atoms with Crippen LogP contribution in [0.5, 0.6) is 0 Å². The van der Waals surface area contributed by atoms with Crippen LogP contribution in [0.4, 0.5) is 4.79 Å². The van der Waals surface area contributed by atoms with Crippen molar-refractivity contribution in [1.29, 1.82) is 0 Å². The van der Waals surface area contributed by atoms with Crippen LogP contribution < -0.4 is 43.0 Å². The van der Waals surface area contributed by atoms with Crippen LogP contribution in [0.2, 0.25) is 0 Å². The molecule has 64 heavy (non-hydrogen) atoms. The third-order valence-corrected chi connectivity index (χ3v) is 9.77. The number of hydrogen-bond donors (Lipinski definition) is 12. The summed E-state index contributed by atoms with van der Waals surface area (Å²) in [5.74, 6) is -6.65. The highest BCUT2D eigenvalue weighted by Crippen LogP contribution is 2.21. The second-order valence-corrected chi connectivity index (χ2v) is 15.1. The molecule has 1 aliphatic heterocycles. The van der Waals surface area contributed by atoms with Crippen LogP contribution in [0.15, 0.2) is 55.4 Å². The summed E-state index contributed by atoms with van der Waals surface area (Å²) >= 11 is 0. The topological polar surface area (TPSA) is 374 Å². The van der Waals surface area contributed by atoms with Crippen molar-refractivity contribution in [3.05, 3.63) is 72.3 Å². The molecule has 0 spiro atoms.